The highest BCUT2D eigenvalue weighted by Gasteiger charge is 2.66. The van der Waals surface area contributed by atoms with Gasteiger partial charge in [0.2, 0.25) is 0 Å². The Labute approximate surface area is 104 Å². The molecule has 2 fully saturated rings. The minimum Gasteiger partial charge on any atom is -0.478 e. The molecular weight excluding hydrogens is 240 g/mol. The number of carboxylic acid groups (broad SMARTS) is 1. The van der Waals surface area contributed by atoms with Gasteiger partial charge < -0.3 is 24.8 Å². The Morgan fingerprint density at radius 3 is 2.78 bits per heavy atom. The number of aliphatic hydroxyl groups excluding tert-OH is 1. The smallest absolute Gasteiger partial charge is 0.334 e. The van der Waals surface area contributed by atoms with Crippen molar-refractivity contribution in [1.29, 1.82) is 0 Å². The summed E-state index contributed by atoms with van der Waals surface area (Å²) < 4.78 is 10.8. The van der Waals surface area contributed by atoms with E-state index < -0.39 is 35.0 Å². The quantitative estimate of drug-likeness (QED) is 0.462. The Hall–Kier alpha value is -1.21. The molecule has 0 saturated carbocycles. The van der Waals surface area contributed by atoms with Crippen molar-refractivity contribution in [3.05, 3.63) is 24.8 Å². The second-order valence-corrected chi connectivity index (χ2v) is 4.67. The molecule has 3 N–H and O–H groups in total. The van der Waals surface area contributed by atoms with Crippen molar-refractivity contribution in [2.75, 3.05) is 13.2 Å². The fraction of sp³-hybridized carbons (Fsp3) is 0.583. The van der Waals surface area contributed by atoms with Gasteiger partial charge in [-0.25, -0.2) is 4.79 Å². The number of carbonyl (C=O) groups is 1. The lowest BCUT2D eigenvalue weighted by Gasteiger charge is -2.32. The molecule has 0 aromatic rings. The van der Waals surface area contributed by atoms with Crippen LogP contribution in [-0.4, -0.2) is 57.9 Å². The molecule has 0 aliphatic carbocycles. The molecular formula is C12H16O6. The third kappa shape index (κ3) is 1.54. The minimum atomic E-state index is -1.83. The molecule has 0 aromatic carbocycles. The highest BCUT2D eigenvalue weighted by atomic mass is 16.6. The number of aliphatic hydroxyl groups is 2. The van der Waals surface area contributed by atoms with Crippen LogP contribution in [0.4, 0.5) is 0 Å². The molecule has 2 aliphatic rings. The Balaban J connectivity index is 2.37. The molecule has 100 valence electrons. The molecule has 0 amide bonds. The summed E-state index contributed by atoms with van der Waals surface area (Å²) >= 11 is 0. The number of hydrogen-bond acceptors (Lipinski definition) is 5. The van der Waals surface area contributed by atoms with E-state index in [-0.39, 0.29) is 19.6 Å². The molecule has 2 saturated heterocycles. The maximum absolute atomic E-state index is 11.0. The second kappa shape index (κ2) is 4.17. The van der Waals surface area contributed by atoms with Crippen LogP contribution in [0.2, 0.25) is 0 Å². The predicted octanol–water partition coefficient (Wildman–Crippen LogP) is -0.537. The molecule has 18 heavy (non-hydrogen) atoms. The maximum atomic E-state index is 11.0. The standard InChI is InChI=1S/C12H16O6/c1-3-4-12-8(13)5-17-10(12)11(16,6-18-12)7(2)9(14)15/h3,8,10,13,16H,1-2,4-6H2,(H,14,15)/t8-,10+,11+,12+/m0/s1. The van der Waals surface area contributed by atoms with Crippen molar-refractivity contribution in [3.63, 3.8) is 0 Å². The average molecular weight is 256 g/mol. The van der Waals surface area contributed by atoms with Crippen molar-refractivity contribution in [1.82, 2.24) is 0 Å². The number of fused-ring (bicyclic) bond motifs is 1. The summed E-state index contributed by atoms with van der Waals surface area (Å²) in [6.45, 7) is 6.65. The molecule has 0 aromatic heterocycles. The first kappa shape index (κ1) is 13.2. The van der Waals surface area contributed by atoms with Crippen molar-refractivity contribution in [2.45, 2.75) is 29.8 Å². The van der Waals surface area contributed by atoms with Gasteiger partial charge in [-0.3, -0.25) is 0 Å². The number of ether oxygens (including phenoxy) is 2. The van der Waals surface area contributed by atoms with Crippen LogP contribution in [0.15, 0.2) is 24.8 Å². The van der Waals surface area contributed by atoms with Crippen LogP contribution in [0.3, 0.4) is 0 Å². The fourth-order valence-corrected chi connectivity index (χ4v) is 2.64. The zero-order valence-electron chi connectivity index (χ0n) is 9.83. The molecule has 2 heterocycles. The summed E-state index contributed by atoms with van der Waals surface area (Å²) in [5, 5.41) is 29.3. The largest absolute Gasteiger partial charge is 0.478 e. The summed E-state index contributed by atoms with van der Waals surface area (Å²) in [7, 11) is 0. The van der Waals surface area contributed by atoms with Gasteiger partial charge in [-0.1, -0.05) is 12.7 Å². The van der Waals surface area contributed by atoms with E-state index in [4.69, 9.17) is 14.6 Å². The zero-order valence-corrected chi connectivity index (χ0v) is 9.83. The van der Waals surface area contributed by atoms with Gasteiger partial charge >= 0.3 is 5.97 Å². The van der Waals surface area contributed by atoms with Crippen LogP contribution in [0.5, 0.6) is 0 Å². The van der Waals surface area contributed by atoms with Gasteiger partial charge in [-0.05, 0) is 6.42 Å². The summed E-state index contributed by atoms with van der Waals surface area (Å²) in [6, 6.07) is 0. The number of aliphatic carboxylic acids is 1. The topological polar surface area (TPSA) is 96.2 Å². The first-order valence-electron chi connectivity index (χ1n) is 5.58. The van der Waals surface area contributed by atoms with E-state index in [1.165, 1.54) is 0 Å². The molecule has 0 bridgehead atoms. The summed E-state index contributed by atoms with van der Waals surface area (Å²) in [4.78, 5) is 11.0. The predicted molar refractivity (Wildman–Crippen MR) is 61.0 cm³/mol. The molecule has 0 radical (unpaired) electrons. The summed E-state index contributed by atoms with van der Waals surface area (Å²) in [6.07, 6.45) is -0.0912. The molecule has 2 aliphatic heterocycles. The molecule has 4 atom stereocenters. The first-order chi connectivity index (χ1) is 8.38. The van der Waals surface area contributed by atoms with Crippen molar-refractivity contribution in [2.24, 2.45) is 0 Å². The molecule has 6 nitrogen and oxygen atoms in total. The monoisotopic (exact) mass is 256 g/mol. The number of hydrogen-bond donors (Lipinski definition) is 3. The van der Waals surface area contributed by atoms with Gasteiger partial charge in [0.1, 0.15) is 23.4 Å². The SMILES string of the molecule is C=CC[C@]12OC[C@@](O)(C(=C)C(=O)O)[C@H]1OC[C@@H]2O. The van der Waals surface area contributed by atoms with Crippen LogP contribution < -0.4 is 0 Å². The number of carboxylic acids is 1. The Bertz CT molecular complexity index is 405. The van der Waals surface area contributed by atoms with E-state index in [1.807, 2.05) is 0 Å². The molecule has 0 unspecified atom stereocenters. The Kier molecular flexibility index (Phi) is 3.06. The van der Waals surface area contributed by atoms with Gasteiger partial charge in [-0.2, -0.15) is 0 Å². The first-order valence-corrected chi connectivity index (χ1v) is 5.58. The lowest BCUT2D eigenvalue weighted by atomic mass is 9.80. The van der Waals surface area contributed by atoms with Crippen LogP contribution in [0, 0.1) is 0 Å². The third-order valence-electron chi connectivity index (χ3n) is 3.67. The highest BCUT2D eigenvalue weighted by Crippen LogP contribution is 2.47. The average Bonchev–Trinajstić information content (AvgIpc) is 2.78. The normalized spacial score (nSPS) is 42.6. The molecule has 2 rings (SSSR count). The zero-order chi connectivity index (χ0) is 13.6. The lowest BCUT2D eigenvalue weighted by Crippen LogP contribution is -2.53. The van der Waals surface area contributed by atoms with Gasteiger partial charge in [0.25, 0.3) is 0 Å². The van der Waals surface area contributed by atoms with Gasteiger partial charge in [0.15, 0.2) is 0 Å². The van der Waals surface area contributed by atoms with Crippen LogP contribution in [0.1, 0.15) is 6.42 Å². The van der Waals surface area contributed by atoms with Gasteiger partial charge in [0, 0.05) is 0 Å². The van der Waals surface area contributed by atoms with Crippen molar-refractivity contribution >= 4 is 5.97 Å². The van der Waals surface area contributed by atoms with E-state index in [1.54, 1.807) is 6.08 Å². The lowest BCUT2D eigenvalue weighted by molar-refractivity contribution is -0.137. The Morgan fingerprint density at radius 1 is 1.56 bits per heavy atom. The van der Waals surface area contributed by atoms with E-state index in [2.05, 4.69) is 13.2 Å². The van der Waals surface area contributed by atoms with Crippen molar-refractivity contribution < 1.29 is 29.6 Å². The fourth-order valence-electron chi connectivity index (χ4n) is 2.64. The summed E-state index contributed by atoms with van der Waals surface area (Å²) in [5.74, 6) is -1.32. The van der Waals surface area contributed by atoms with Gasteiger partial charge in [0.05, 0.1) is 18.8 Å². The summed E-state index contributed by atoms with van der Waals surface area (Å²) in [5.41, 5.74) is -3.37. The molecule has 6 heteroatoms. The molecule has 0 spiro atoms. The third-order valence-corrected chi connectivity index (χ3v) is 3.67. The van der Waals surface area contributed by atoms with E-state index in [0.29, 0.717) is 0 Å². The maximum Gasteiger partial charge on any atom is 0.334 e. The van der Waals surface area contributed by atoms with E-state index >= 15 is 0 Å². The van der Waals surface area contributed by atoms with Crippen LogP contribution in [0.25, 0.3) is 0 Å². The number of rotatable bonds is 4. The highest BCUT2D eigenvalue weighted by molar-refractivity contribution is 5.88. The van der Waals surface area contributed by atoms with Crippen LogP contribution >= 0.6 is 0 Å². The minimum absolute atomic E-state index is 0.0201. The Morgan fingerprint density at radius 2 is 2.22 bits per heavy atom. The van der Waals surface area contributed by atoms with Crippen molar-refractivity contribution in [3.8, 4) is 0 Å². The van der Waals surface area contributed by atoms with E-state index in [0.717, 1.165) is 0 Å². The second-order valence-electron chi connectivity index (χ2n) is 4.67. The van der Waals surface area contributed by atoms with E-state index in [9.17, 15) is 15.0 Å². The van der Waals surface area contributed by atoms with Gasteiger partial charge in [-0.15, -0.1) is 6.58 Å². The van der Waals surface area contributed by atoms with Crippen LogP contribution in [-0.2, 0) is 14.3 Å².